The molecule has 9 heteroatoms. The molecule has 0 aliphatic heterocycles. The van der Waals surface area contributed by atoms with Gasteiger partial charge in [-0.25, -0.2) is 0 Å². The molecule has 0 aliphatic carbocycles. The predicted molar refractivity (Wildman–Crippen MR) is 87.3 cm³/mol. The maximum Gasteiger partial charge on any atom is 0.390 e. The molecule has 0 fully saturated rings. The average molecular weight is 373 g/mol. The summed E-state index contributed by atoms with van der Waals surface area (Å²) in [4.78, 5) is 18.6. The second-order valence-electron chi connectivity index (χ2n) is 5.26. The van der Waals surface area contributed by atoms with Gasteiger partial charge in [0.25, 0.3) is 5.91 Å². The van der Waals surface area contributed by atoms with E-state index in [1.54, 1.807) is 38.1 Å². The van der Waals surface area contributed by atoms with E-state index in [0.717, 1.165) is 0 Å². The molecule has 0 saturated heterocycles. The molecule has 25 heavy (non-hydrogen) atoms. The van der Waals surface area contributed by atoms with Crippen molar-refractivity contribution in [3.05, 3.63) is 41.5 Å². The van der Waals surface area contributed by atoms with Crippen LogP contribution in [-0.4, -0.2) is 40.2 Å². The fourth-order valence-corrected chi connectivity index (χ4v) is 3.03. The maximum absolute atomic E-state index is 12.6. The highest BCUT2D eigenvalue weighted by Gasteiger charge is 2.29. The first-order valence-corrected chi connectivity index (χ1v) is 8.65. The maximum atomic E-state index is 12.6. The summed E-state index contributed by atoms with van der Waals surface area (Å²) < 4.78 is 42.2. The van der Waals surface area contributed by atoms with E-state index in [0.29, 0.717) is 27.9 Å². The van der Waals surface area contributed by atoms with Crippen molar-refractivity contribution in [3.63, 3.8) is 0 Å². The van der Waals surface area contributed by atoms with E-state index in [1.165, 1.54) is 16.7 Å². The fourth-order valence-electron chi connectivity index (χ4n) is 2.15. The van der Waals surface area contributed by atoms with Gasteiger partial charge in [-0.2, -0.15) is 18.2 Å². The minimum absolute atomic E-state index is 0.206. The van der Waals surface area contributed by atoms with E-state index in [-0.39, 0.29) is 13.1 Å². The summed E-state index contributed by atoms with van der Waals surface area (Å²) in [6, 6.07) is 6.82. The lowest BCUT2D eigenvalue weighted by Crippen LogP contribution is -2.34. The van der Waals surface area contributed by atoms with Crippen molar-refractivity contribution in [2.75, 3.05) is 13.1 Å². The molecule has 0 N–H and O–H groups in total. The Labute approximate surface area is 147 Å². The lowest BCUT2D eigenvalue weighted by molar-refractivity contribution is -0.136. The van der Waals surface area contributed by atoms with Gasteiger partial charge in [0.15, 0.2) is 5.82 Å². The first-order valence-electron chi connectivity index (χ1n) is 7.67. The number of thioether (sulfide) groups is 1. The van der Waals surface area contributed by atoms with E-state index in [2.05, 4.69) is 10.1 Å². The molecule has 0 saturated carbocycles. The summed E-state index contributed by atoms with van der Waals surface area (Å²) in [5.41, 5.74) is 0.372. The number of benzene rings is 1. The van der Waals surface area contributed by atoms with Crippen molar-refractivity contribution in [1.29, 1.82) is 0 Å². The van der Waals surface area contributed by atoms with Gasteiger partial charge in [-0.05, 0) is 19.1 Å². The van der Waals surface area contributed by atoms with Crippen LogP contribution in [0.2, 0.25) is 0 Å². The molecule has 1 aromatic carbocycles. The van der Waals surface area contributed by atoms with Crippen molar-refractivity contribution in [3.8, 4) is 0 Å². The topological polar surface area (TPSA) is 59.2 Å². The molecule has 2 rings (SSSR count). The van der Waals surface area contributed by atoms with Crippen LogP contribution in [0.15, 0.2) is 33.7 Å². The number of carbonyl (C=O) groups is 1. The highest BCUT2D eigenvalue weighted by Crippen LogP contribution is 2.27. The van der Waals surface area contributed by atoms with Crippen LogP contribution >= 0.6 is 11.8 Å². The first-order chi connectivity index (χ1) is 11.8. The zero-order chi connectivity index (χ0) is 18.4. The molecule has 1 amide bonds. The summed E-state index contributed by atoms with van der Waals surface area (Å²) in [5.74, 6) is 0.925. The molecule has 0 unspecified atom stereocenters. The summed E-state index contributed by atoms with van der Waals surface area (Å²) in [5, 5.41) is 3.79. The van der Waals surface area contributed by atoms with Crippen molar-refractivity contribution >= 4 is 17.7 Å². The monoisotopic (exact) mass is 373 g/mol. The third-order valence-corrected chi connectivity index (χ3v) is 4.45. The van der Waals surface area contributed by atoms with Crippen LogP contribution in [-0.2, 0) is 5.75 Å². The molecule has 2 aromatic rings. The van der Waals surface area contributed by atoms with Gasteiger partial charge in [-0.15, -0.1) is 11.8 Å². The van der Waals surface area contributed by atoms with E-state index >= 15 is 0 Å². The minimum atomic E-state index is -4.29. The summed E-state index contributed by atoms with van der Waals surface area (Å²) in [7, 11) is 0. The number of hydrogen-bond acceptors (Lipinski definition) is 5. The van der Waals surface area contributed by atoms with Crippen LogP contribution in [0.25, 0.3) is 0 Å². The molecule has 0 bridgehead atoms. The Hall–Kier alpha value is -2.03. The molecule has 0 atom stereocenters. The van der Waals surface area contributed by atoms with Crippen molar-refractivity contribution < 1.29 is 22.5 Å². The number of alkyl halides is 3. The van der Waals surface area contributed by atoms with Gasteiger partial charge >= 0.3 is 6.18 Å². The molecule has 0 aliphatic rings. The molecule has 0 spiro atoms. The number of rotatable bonds is 7. The predicted octanol–water partition coefficient (Wildman–Crippen LogP) is 4.08. The second-order valence-corrected chi connectivity index (χ2v) is 6.28. The van der Waals surface area contributed by atoms with Crippen LogP contribution in [0, 0.1) is 6.92 Å². The van der Waals surface area contributed by atoms with Crippen LogP contribution in [0.4, 0.5) is 13.2 Å². The number of hydrogen-bond donors (Lipinski definition) is 0. The molecule has 1 aromatic heterocycles. The summed E-state index contributed by atoms with van der Waals surface area (Å²) in [6.07, 6.45) is -5.32. The minimum Gasteiger partial charge on any atom is -0.340 e. The van der Waals surface area contributed by atoms with Gasteiger partial charge < -0.3 is 9.42 Å². The molecular formula is C16H18F3N3O2S. The smallest absolute Gasteiger partial charge is 0.340 e. The number of aryl methyl sites for hydroxylation is 1. The third-order valence-electron chi connectivity index (χ3n) is 3.38. The Kier molecular flexibility index (Phi) is 6.46. The van der Waals surface area contributed by atoms with Crippen molar-refractivity contribution in [1.82, 2.24) is 15.0 Å². The highest BCUT2D eigenvalue weighted by atomic mass is 32.2. The van der Waals surface area contributed by atoms with Crippen LogP contribution in [0.3, 0.4) is 0 Å². The van der Waals surface area contributed by atoms with Crippen LogP contribution in [0.5, 0.6) is 0 Å². The third kappa shape index (κ3) is 5.77. The van der Waals surface area contributed by atoms with Crippen LogP contribution < -0.4 is 0 Å². The second kappa shape index (κ2) is 8.37. The fraction of sp³-hybridized carbons (Fsp3) is 0.438. The SMILES string of the molecule is CCN(CCC(F)(F)F)C(=O)c1ccccc1SCc1noc(C)n1. The van der Waals surface area contributed by atoms with E-state index in [1.807, 2.05) is 0 Å². The van der Waals surface area contributed by atoms with E-state index in [9.17, 15) is 18.0 Å². The molecule has 5 nitrogen and oxygen atoms in total. The zero-order valence-corrected chi connectivity index (χ0v) is 14.7. The van der Waals surface area contributed by atoms with Crippen molar-refractivity contribution in [2.24, 2.45) is 0 Å². The van der Waals surface area contributed by atoms with Gasteiger partial charge in [-0.3, -0.25) is 4.79 Å². The van der Waals surface area contributed by atoms with Crippen LogP contribution in [0.1, 0.15) is 35.4 Å². The Bertz CT molecular complexity index is 719. The van der Waals surface area contributed by atoms with Gasteiger partial charge in [0.1, 0.15) is 0 Å². The zero-order valence-electron chi connectivity index (χ0n) is 13.8. The number of nitrogens with zero attached hydrogens (tertiary/aromatic N) is 3. The molecular weight excluding hydrogens is 355 g/mol. The summed E-state index contributed by atoms with van der Waals surface area (Å²) in [6.45, 7) is 3.18. The number of amides is 1. The Balaban J connectivity index is 2.10. The Morgan fingerprint density at radius 1 is 1.32 bits per heavy atom. The number of aromatic nitrogens is 2. The Morgan fingerprint density at radius 2 is 2.04 bits per heavy atom. The summed E-state index contributed by atoms with van der Waals surface area (Å²) >= 11 is 1.34. The average Bonchev–Trinajstić information content (AvgIpc) is 2.98. The number of carbonyl (C=O) groups excluding carboxylic acids is 1. The number of halogens is 3. The molecule has 136 valence electrons. The van der Waals surface area contributed by atoms with Gasteiger partial charge in [0.05, 0.1) is 17.7 Å². The largest absolute Gasteiger partial charge is 0.390 e. The van der Waals surface area contributed by atoms with Crippen molar-refractivity contribution in [2.45, 2.75) is 37.1 Å². The van der Waals surface area contributed by atoms with E-state index < -0.39 is 18.5 Å². The molecule has 0 radical (unpaired) electrons. The Morgan fingerprint density at radius 3 is 2.64 bits per heavy atom. The van der Waals surface area contributed by atoms with Gasteiger partial charge in [-0.1, -0.05) is 17.3 Å². The van der Waals surface area contributed by atoms with Gasteiger partial charge in [0, 0.05) is 24.9 Å². The molecule has 1 heterocycles. The lowest BCUT2D eigenvalue weighted by atomic mass is 10.2. The standard InChI is InChI=1S/C16H18F3N3O2S/c1-3-22(9-8-16(17,18)19)15(23)12-6-4-5-7-13(12)25-10-14-20-11(2)24-21-14/h4-7H,3,8-10H2,1-2H3. The normalized spacial score (nSPS) is 11.6. The lowest BCUT2D eigenvalue weighted by Gasteiger charge is -2.22. The quantitative estimate of drug-likeness (QED) is 0.685. The highest BCUT2D eigenvalue weighted by molar-refractivity contribution is 7.98. The van der Waals surface area contributed by atoms with Gasteiger partial charge in [0.2, 0.25) is 5.89 Å². The van der Waals surface area contributed by atoms with E-state index in [4.69, 9.17) is 4.52 Å². The first kappa shape index (κ1) is 19.3.